The van der Waals surface area contributed by atoms with E-state index >= 15 is 0 Å². The number of aliphatic hydroxyl groups is 1. The van der Waals surface area contributed by atoms with Gasteiger partial charge in [-0.1, -0.05) is 0 Å². The van der Waals surface area contributed by atoms with Gasteiger partial charge >= 0.3 is 0 Å². The van der Waals surface area contributed by atoms with Crippen molar-refractivity contribution in [1.29, 1.82) is 0 Å². The molecule has 0 bridgehead atoms. The summed E-state index contributed by atoms with van der Waals surface area (Å²) in [6.45, 7) is 1.51. The van der Waals surface area contributed by atoms with E-state index in [1.54, 1.807) is 6.92 Å². The van der Waals surface area contributed by atoms with E-state index in [1.165, 1.54) is 12.1 Å². The average Bonchev–Trinajstić information content (AvgIpc) is 2.21. The SMILES string of the molecule is C[C@H](CO)NC(=O)c1ccc(Br)c(F)c1. The standard InChI is InChI=1S/C10H11BrFNO2/c1-6(5-14)13-10(15)7-2-3-8(11)9(12)4-7/h2-4,6,14H,5H2,1H3,(H,13,15)/t6-/m1/s1. The molecule has 1 aromatic rings. The Morgan fingerprint density at radius 1 is 1.67 bits per heavy atom. The molecule has 0 fully saturated rings. The fourth-order valence-electron chi connectivity index (χ4n) is 0.990. The Bertz CT molecular complexity index is 370. The highest BCUT2D eigenvalue weighted by Crippen LogP contribution is 2.16. The molecule has 82 valence electrons. The van der Waals surface area contributed by atoms with Gasteiger partial charge in [0.15, 0.2) is 0 Å². The van der Waals surface area contributed by atoms with E-state index in [-0.39, 0.29) is 18.2 Å². The Hall–Kier alpha value is -0.940. The maximum atomic E-state index is 13.1. The number of carbonyl (C=O) groups excluding carboxylic acids is 1. The van der Waals surface area contributed by atoms with E-state index in [0.29, 0.717) is 4.47 Å². The number of amides is 1. The van der Waals surface area contributed by atoms with Gasteiger partial charge < -0.3 is 10.4 Å². The van der Waals surface area contributed by atoms with Crippen molar-refractivity contribution in [2.45, 2.75) is 13.0 Å². The lowest BCUT2D eigenvalue weighted by atomic mass is 10.2. The zero-order valence-electron chi connectivity index (χ0n) is 8.13. The lowest BCUT2D eigenvalue weighted by Crippen LogP contribution is -2.35. The van der Waals surface area contributed by atoms with E-state index in [2.05, 4.69) is 21.2 Å². The average molecular weight is 276 g/mol. The van der Waals surface area contributed by atoms with E-state index in [4.69, 9.17) is 5.11 Å². The van der Waals surface area contributed by atoms with Crippen molar-refractivity contribution in [2.24, 2.45) is 0 Å². The molecule has 2 N–H and O–H groups in total. The molecule has 5 heteroatoms. The van der Waals surface area contributed by atoms with Crippen LogP contribution < -0.4 is 5.32 Å². The number of aliphatic hydroxyl groups excluding tert-OH is 1. The maximum absolute atomic E-state index is 13.1. The van der Waals surface area contributed by atoms with Gasteiger partial charge in [-0.15, -0.1) is 0 Å². The molecular formula is C10H11BrFNO2. The third kappa shape index (κ3) is 3.28. The molecule has 0 heterocycles. The first-order valence-electron chi connectivity index (χ1n) is 4.41. The van der Waals surface area contributed by atoms with E-state index < -0.39 is 11.7 Å². The van der Waals surface area contributed by atoms with Crippen molar-refractivity contribution < 1.29 is 14.3 Å². The summed E-state index contributed by atoms with van der Waals surface area (Å²) in [5.74, 6) is -0.887. The van der Waals surface area contributed by atoms with Crippen molar-refractivity contribution in [3.8, 4) is 0 Å². The van der Waals surface area contributed by atoms with Crippen LogP contribution in [0, 0.1) is 5.82 Å². The third-order valence-corrected chi connectivity index (χ3v) is 2.48. The molecule has 3 nitrogen and oxygen atoms in total. The summed E-state index contributed by atoms with van der Waals surface area (Å²) in [5, 5.41) is 11.3. The number of hydrogen-bond acceptors (Lipinski definition) is 2. The number of hydrogen-bond donors (Lipinski definition) is 2. The molecule has 0 unspecified atom stereocenters. The Morgan fingerprint density at radius 2 is 2.33 bits per heavy atom. The van der Waals surface area contributed by atoms with Crippen molar-refractivity contribution in [2.75, 3.05) is 6.61 Å². The monoisotopic (exact) mass is 275 g/mol. The van der Waals surface area contributed by atoms with Crippen molar-refractivity contribution in [3.63, 3.8) is 0 Å². The first-order valence-corrected chi connectivity index (χ1v) is 5.20. The minimum Gasteiger partial charge on any atom is -0.394 e. The summed E-state index contributed by atoms with van der Waals surface area (Å²) >= 11 is 3.00. The van der Waals surface area contributed by atoms with Crippen LogP contribution in [0.5, 0.6) is 0 Å². The summed E-state index contributed by atoms with van der Waals surface area (Å²) in [6, 6.07) is 3.77. The molecule has 1 amide bonds. The zero-order valence-corrected chi connectivity index (χ0v) is 9.71. The zero-order chi connectivity index (χ0) is 11.4. The highest BCUT2D eigenvalue weighted by atomic mass is 79.9. The molecule has 0 spiro atoms. The summed E-state index contributed by atoms with van der Waals surface area (Å²) in [4.78, 5) is 11.5. The van der Waals surface area contributed by atoms with Crippen LogP contribution in [0.1, 0.15) is 17.3 Å². The van der Waals surface area contributed by atoms with Gasteiger partial charge in [-0.05, 0) is 41.1 Å². The minimum absolute atomic E-state index is 0.148. The lowest BCUT2D eigenvalue weighted by Gasteiger charge is -2.10. The lowest BCUT2D eigenvalue weighted by molar-refractivity contribution is 0.0922. The summed E-state index contributed by atoms with van der Waals surface area (Å²) < 4.78 is 13.4. The molecule has 0 saturated carbocycles. The number of nitrogens with one attached hydrogen (secondary N) is 1. The molecule has 0 radical (unpaired) electrons. The van der Waals surface area contributed by atoms with Crippen LogP contribution in [-0.4, -0.2) is 23.7 Å². The fraction of sp³-hybridized carbons (Fsp3) is 0.300. The Kier molecular flexibility index (Phi) is 4.23. The van der Waals surface area contributed by atoms with Gasteiger partial charge in [0.25, 0.3) is 5.91 Å². The van der Waals surface area contributed by atoms with Crippen LogP contribution in [0.15, 0.2) is 22.7 Å². The van der Waals surface area contributed by atoms with Gasteiger partial charge in [0, 0.05) is 11.6 Å². The van der Waals surface area contributed by atoms with Crippen molar-refractivity contribution in [1.82, 2.24) is 5.32 Å². The highest BCUT2D eigenvalue weighted by molar-refractivity contribution is 9.10. The van der Waals surface area contributed by atoms with Gasteiger partial charge in [-0.25, -0.2) is 4.39 Å². The van der Waals surface area contributed by atoms with Crippen LogP contribution in [0.2, 0.25) is 0 Å². The summed E-state index contributed by atoms with van der Waals surface area (Å²) in [6.07, 6.45) is 0. The van der Waals surface area contributed by atoms with Crippen LogP contribution >= 0.6 is 15.9 Å². The van der Waals surface area contributed by atoms with Crippen LogP contribution in [-0.2, 0) is 0 Å². The molecule has 0 aliphatic rings. The van der Waals surface area contributed by atoms with Crippen LogP contribution in [0.3, 0.4) is 0 Å². The molecule has 1 aromatic carbocycles. The number of halogens is 2. The van der Waals surface area contributed by atoms with Gasteiger partial charge in [-0.3, -0.25) is 4.79 Å². The van der Waals surface area contributed by atoms with Gasteiger partial charge in [-0.2, -0.15) is 0 Å². The van der Waals surface area contributed by atoms with Crippen LogP contribution in [0.25, 0.3) is 0 Å². The van der Waals surface area contributed by atoms with Crippen LogP contribution in [0.4, 0.5) is 4.39 Å². The van der Waals surface area contributed by atoms with E-state index in [0.717, 1.165) is 6.07 Å². The highest BCUT2D eigenvalue weighted by Gasteiger charge is 2.10. The largest absolute Gasteiger partial charge is 0.394 e. The predicted molar refractivity (Wildman–Crippen MR) is 58.1 cm³/mol. The molecule has 0 aliphatic carbocycles. The number of benzene rings is 1. The second-order valence-corrected chi connectivity index (χ2v) is 4.04. The van der Waals surface area contributed by atoms with Gasteiger partial charge in [0.1, 0.15) is 5.82 Å². The normalized spacial score (nSPS) is 12.3. The van der Waals surface area contributed by atoms with Crippen molar-refractivity contribution >= 4 is 21.8 Å². The number of carbonyl (C=O) groups is 1. The molecule has 1 rings (SSSR count). The predicted octanol–water partition coefficient (Wildman–Crippen LogP) is 1.70. The van der Waals surface area contributed by atoms with Gasteiger partial charge in [0.2, 0.25) is 0 Å². The quantitative estimate of drug-likeness (QED) is 0.882. The molecule has 0 aliphatic heterocycles. The van der Waals surface area contributed by atoms with Crippen molar-refractivity contribution in [3.05, 3.63) is 34.1 Å². The van der Waals surface area contributed by atoms with E-state index in [1.807, 2.05) is 0 Å². The third-order valence-electron chi connectivity index (χ3n) is 1.83. The first kappa shape index (κ1) is 12.1. The molecule has 1 atom stereocenters. The van der Waals surface area contributed by atoms with E-state index in [9.17, 15) is 9.18 Å². The minimum atomic E-state index is -0.487. The smallest absolute Gasteiger partial charge is 0.251 e. The Morgan fingerprint density at radius 3 is 2.87 bits per heavy atom. The molecule has 0 saturated heterocycles. The second kappa shape index (κ2) is 5.23. The summed E-state index contributed by atoms with van der Waals surface area (Å²) in [7, 11) is 0. The Balaban J connectivity index is 2.78. The second-order valence-electron chi connectivity index (χ2n) is 3.19. The number of rotatable bonds is 3. The fourth-order valence-corrected chi connectivity index (χ4v) is 1.24. The molecule has 15 heavy (non-hydrogen) atoms. The topological polar surface area (TPSA) is 49.3 Å². The molecule has 0 aromatic heterocycles. The first-order chi connectivity index (χ1) is 7.04. The molecular weight excluding hydrogens is 265 g/mol. The van der Waals surface area contributed by atoms with Gasteiger partial charge in [0.05, 0.1) is 11.1 Å². The maximum Gasteiger partial charge on any atom is 0.251 e. The Labute approximate surface area is 95.4 Å². The summed E-state index contributed by atoms with van der Waals surface area (Å²) in [5.41, 5.74) is 0.232.